The molecule has 2 aromatic rings. The number of likely N-dealkylation sites (tertiary alicyclic amines) is 1. The van der Waals surface area contributed by atoms with Gasteiger partial charge in [0, 0.05) is 32.5 Å². The largest absolute Gasteiger partial charge is 0.394 e. The number of hydrogen-bond donors (Lipinski definition) is 18. The highest BCUT2D eigenvalue weighted by Crippen LogP contribution is 2.22. The van der Waals surface area contributed by atoms with E-state index in [1.807, 2.05) is 44.2 Å². The molecule has 600 valence electrons. The summed E-state index contributed by atoms with van der Waals surface area (Å²) in [6, 6.07) is 1.88. The molecule has 0 aromatic heterocycles. The van der Waals surface area contributed by atoms with Gasteiger partial charge in [-0.05, 0) is 131 Å². The second kappa shape index (κ2) is 47.1. The fourth-order valence-electron chi connectivity index (χ4n) is 12.4. The number of primary amides is 1. The Morgan fingerprint density at radius 1 is 0.620 bits per heavy atom. The average Bonchev–Trinajstić information content (AvgIpc) is 1.56. The van der Waals surface area contributed by atoms with E-state index in [1.165, 1.54) is 4.90 Å². The second-order valence-corrected chi connectivity index (χ2v) is 29.0. The highest BCUT2D eigenvalue weighted by molar-refractivity contribution is 6.00. The lowest BCUT2D eigenvalue weighted by molar-refractivity contribution is -0.143. The Bertz CT molecular complexity index is 3340. The van der Waals surface area contributed by atoms with Gasteiger partial charge < -0.3 is 102 Å². The maximum absolute atomic E-state index is 14.7. The van der Waals surface area contributed by atoms with Gasteiger partial charge in [-0.2, -0.15) is 0 Å². The summed E-state index contributed by atoms with van der Waals surface area (Å²) in [6.07, 6.45) is 1.39. The molecule has 4 rings (SSSR count). The molecule has 34 heteroatoms. The fraction of sp³-hybridized carbons (Fsp3) is 0.635. The molecule has 0 bridgehead atoms. The van der Waals surface area contributed by atoms with Crippen LogP contribution in [0.15, 0.2) is 65.7 Å². The summed E-state index contributed by atoms with van der Waals surface area (Å²) in [5.41, 5.74) is 30.2. The number of hydrogen-bond acceptors (Lipinski definition) is 18. The molecule has 2 aliphatic rings. The Balaban J connectivity index is 1.63. The van der Waals surface area contributed by atoms with E-state index in [2.05, 4.69) is 68.8 Å². The predicted molar refractivity (Wildman–Crippen MR) is 404 cm³/mol. The van der Waals surface area contributed by atoms with Crippen LogP contribution in [0.4, 0.5) is 0 Å². The highest BCUT2D eigenvalue weighted by Gasteiger charge is 2.42. The number of aliphatic imine (C=N–C) groups is 1. The quantitative estimate of drug-likeness (QED) is 0.0187. The summed E-state index contributed by atoms with van der Waals surface area (Å²) in [5, 5.41) is 42.7. The van der Waals surface area contributed by atoms with Crippen molar-refractivity contribution in [2.75, 3.05) is 39.3 Å². The van der Waals surface area contributed by atoms with Gasteiger partial charge in [0.05, 0.1) is 19.2 Å². The Labute approximate surface area is 632 Å². The van der Waals surface area contributed by atoms with Crippen LogP contribution in [0.3, 0.4) is 0 Å². The van der Waals surface area contributed by atoms with E-state index in [0.29, 0.717) is 24.8 Å². The molecule has 23 N–H and O–H groups in total. The molecule has 108 heavy (non-hydrogen) atoms. The van der Waals surface area contributed by atoms with Crippen LogP contribution < -0.4 is 92.5 Å². The number of aliphatic hydroxyl groups is 1. The van der Waals surface area contributed by atoms with E-state index in [4.69, 9.17) is 28.7 Å². The molecule has 0 radical (unpaired) electrons. The van der Waals surface area contributed by atoms with Crippen LogP contribution in [0.5, 0.6) is 0 Å². The molecule has 13 atom stereocenters. The van der Waals surface area contributed by atoms with Gasteiger partial charge in [0.2, 0.25) is 82.7 Å². The van der Waals surface area contributed by atoms with Crippen molar-refractivity contribution in [2.24, 2.45) is 57.3 Å². The van der Waals surface area contributed by atoms with Crippen molar-refractivity contribution in [2.45, 2.75) is 237 Å². The van der Waals surface area contributed by atoms with Gasteiger partial charge in [0.1, 0.15) is 66.5 Å². The number of amides is 14. The van der Waals surface area contributed by atoms with Gasteiger partial charge in [-0.3, -0.25) is 72.1 Å². The smallest absolute Gasteiger partial charge is 0.246 e. The molecule has 14 amide bonds. The molecule has 0 saturated carbocycles. The van der Waals surface area contributed by atoms with Gasteiger partial charge in [0.25, 0.3) is 0 Å². The minimum Gasteiger partial charge on any atom is -0.394 e. The lowest BCUT2D eigenvalue weighted by Crippen LogP contribution is -2.61. The first-order valence-corrected chi connectivity index (χ1v) is 37.6. The van der Waals surface area contributed by atoms with Crippen molar-refractivity contribution >= 4 is 88.7 Å². The predicted octanol–water partition coefficient (Wildman–Crippen LogP) is -2.71. The number of unbranched alkanes of at least 4 members (excludes halogenated alkanes) is 1. The molecule has 2 fully saturated rings. The molecule has 2 saturated heterocycles. The molecular weight excluding hydrogens is 1390 g/mol. The first-order valence-electron chi connectivity index (χ1n) is 37.6. The van der Waals surface area contributed by atoms with Gasteiger partial charge in [-0.15, -0.1) is 0 Å². The SMILES string of the molecule is CC[C@H](C)[C@H](NC(=O)[C@H](CCCN=C(N)N)NC(=O)CNC(=O)[C@@H](CC(C)C)NC(=O)[C@@H]1CCC(=O)NCCCC[C@H](NC(=O)[C@@H]2CCCN2C(=O)[C@@H](NC(=O)[C@@H](N)Cc2ccccc2)C(C)C)C(=O)N[C@@H](Cc2ccccc2)C(=O)N[C@@H](CO)C(=O)N[C@@H](CCCCN)C(=O)N1)C(=O)N[C@@H](CC(C)C)C(N)=O. The lowest BCUT2D eigenvalue weighted by Gasteiger charge is -2.32. The van der Waals surface area contributed by atoms with E-state index >= 15 is 0 Å². The molecule has 2 heterocycles. The number of nitrogens with zero attached hydrogens (tertiary/aromatic N) is 2. The number of rotatable bonds is 36. The van der Waals surface area contributed by atoms with Gasteiger partial charge in [-0.1, -0.05) is 122 Å². The monoisotopic (exact) mass is 1510 g/mol. The van der Waals surface area contributed by atoms with Gasteiger partial charge in [0.15, 0.2) is 5.96 Å². The summed E-state index contributed by atoms with van der Waals surface area (Å²) in [5.74, 6) is -12.5. The minimum atomic E-state index is -1.76. The van der Waals surface area contributed by atoms with Crippen molar-refractivity contribution in [1.29, 1.82) is 0 Å². The third-order valence-corrected chi connectivity index (χ3v) is 18.7. The summed E-state index contributed by atoms with van der Waals surface area (Å²) >= 11 is 0. The number of nitrogens with two attached hydrogens (primary N) is 5. The standard InChI is InChI=1S/C74H119N19O15/c1-9-45(8)61(72(107)87-53(62(77)97)36-42(2)3)92-68(103)49(28-20-34-81-74(78)79)83-59(96)40-82-64(99)54(37-43(4)5)88-67(102)52-30-31-58(95)80-33-19-17-27-51(86-71(106)57-29-21-35-93(57)73(108)60(44(6)7)91-63(98)48(76)38-46-22-12-10-13-23-46)66(101)89-55(39-47-24-14-11-15-25-47)69(104)90-56(41-94)70(105)84-50(65(100)85-52)26-16-18-32-75/h10-15,22-25,42-45,48-57,60-61,94H,9,16-21,26-41,75-76H2,1-8H3,(H2,77,97)(H,80,95)(H,82,99)(H,83,96)(H,84,105)(H,85,100)(H,86,106)(H,87,107)(H,88,102)(H,89,101)(H,90,104)(H,91,98)(H,92,103)(H4,78,79,81)/t45-,48-,49-,50-,51-,52-,53-,54+,55-,56-,57-,60-,61-/m0/s1. The number of nitrogens with one attached hydrogen (secondary N) is 12. The van der Waals surface area contributed by atoms with Crippen LogP contribution >= 0.6 is 0 Å². The molecular formula is C74H119N19O15. The minimum absolute atomic E-state index is 0.00405. The van der Waals surface area contributed by atoms with Crippen LogP contribution in [0.1, 0.15) is 163 Å². The zero-order valence-electron chi connectivity index (χ0n) is 63.7. The average molecular weight is 1510 g/mol. The molecule has 0 unspecified atom stereocenters. The molecule has 0 spiro atoms. The van der Waals surface area contributed by atoms with Crippen LogP contribution in [-0.4, -0.2) is 210 Å². The van der Waals surface area contributed by atoms with Crippen molar-refractivity contribution in [3.05, 3.63) is 71.8 Å². The van der Waals surface area contributed by atoms with E-state index in [0.717, 1.165) is 5.56 Å². The van der Waals surface area contributed by atoms with Crippen LogP contribution in [0.2, 0.25) is 0 Å². The number of carbonyl (C=O) groups excluding carboxylic acids is 14. The highest BCUT2D eigenvalue weighted by atomic mass is 16.3. The first kappa shape index (κ1) is 90.6. The maximum Gasteiger partial charge on any atom is 0.246 e. The third-order valence-electron chi connectivity index (χ3n) is 18.7. The number of guanidine groups is 1. The first-order chi connectivity index (χ1) is 51.3. The van der Waals surface area contributed by atoms with Crippen LogP contribution in [-0.2, 0) is 80.0 Å². The zero-order chi connectivity index (χ0) is 80.2. The normalized spacial score (nSPS) is 20.5. The number of benzene rings is 2. The van der Waals surface area contributed by atoms with Crippen LogP contribution in [0, 0.1) is 23.7 Å². The number of carbonyl (C=O) groups is 14. The molecule has 2 aromatic carbocycles. The van der Waals surface area contributed by atoms with Gasteiger partial charge >= 0.3 is 0 Å². The van der Waals surface area contributed by atoms with E-state index in [9.17, 15) is 72.2 Å². The third kappa shape index (κ3) is 31.5. The Morgan fingerprint density at radius 3 is 1.84 bits per heavy atom. The topological polar surface area (TPSA) is 549 Å². The summed E-state index contributed by atoms with van der Waals surface area (Å²) < 4.78 is 0. The van der Waals surface area contributed by atoms with Gasteiger partial charge in [-0.25, -0.2) is 0 Å². The number of aliphatic hydroxyl groups excluding tert-OH is 1. The Morgan fingerprint density at radius 2 is 1.23 bits per heavy atom. The molecule has 2 aliphatic heterocycles. The maximum atomic E-state index is 14.7. The fourth-order valence-corrected chi connectivity index (χ4v) is 12.4. The van der Waals surface area contributed by atoms with E-state index in [-0.39, 0.29) is 127 Å². The van der Waals surface area contributed by atoms with Crippen LogP contribution in [0.25, 0.3) is 0 Å². The lowest BCUT2D eigenvalue weighted by atomic mass is 9.96. The van der Waals surface area contributed by atoms with E-state index < -0.39 is 187 Å². The van der Waals surface area contributed by atoms with Crippen molar-refractivity contribution in [1.82, 2.24) is 68.7 Å². The molecule has 0 aliphatic carbocycles. The Kier molecular flexibility index (Phi) is 39.5. The van der Waals surface area contributed by atoms with Crippen molar-refractivity contribution in [3.8, 4) is 0 Å². The summed E-state index contributed by atoms with van der Waals surface area (Å²) in [7, 11) is 0. The Hall–Kier alpha value is -9.83. The molecule has 34 nitrogen and oxygen atoms in total. The van der Waals surface area contributed by atoms with E-state index in [1.54, 1.807) is 71.9 Å². The van der Waals surface area contributed by atoms with Crippen molar-refractivity contribution in [3.63, 3.8) is 0 Å². The summed E-state index contributed by atoms with van der Waals surface area (Å²) in [4.78, 5) is 203. The van der Waals surface area contributed by atoms with Crippen molar-refractivity contribution < 1.29 is 72.2 Å². The zero-order valence-corrected chi connectivity index (χ0v) is 63.7. The second-order valence-electron chi connectivity index (χ2n) is 29.0. The summed E-state index contributed by atoms with van der Waals surface area (Å²) in [6.45, 7) is 12.8.